The van der Waals surface area contributed by atoms with Gasteiger partial charge in [0, 0.05) is 20.1 Å². The van der Waals surface area contributed by atoms with Crippen molar-refractivity contribution in [2.75, 3.05) is 26.7 Å². The Kier molecular flexibility index (Phi) is 4.24. The molecule has 17 heavy (non-hydrogen) atoms. The van der Waals surface area contributed by atoms with Gasteiger partial charge in [0.15, 0.2) is 0 Å². The molecule has 1 aliphatic heterocycles. The molecule has 0 aromatic rings. The first-order chi connectivity index (χ1) is 7.69. The second-order valence-corrected chi connectivity index (χ2v) is 4.51. The van der Waals surface area contributed by atoms with Crippen LogP contribution in [0.5, 0.6) is 0 Å². The molecular weight excluding hydrogens is 237 g/mol. The number of halogens is 3. The Bertz CT molecular complexity index is 275. The number of carbonyl (C=O) groups is 1. The average Bonchev–Trinajstić information content (AvgIpc) is 2.06. The number of ether oxygens (including phenoxy) is 1. The number of alkyl halides is 3. The van der Waals surface area contributed by atoms with E-state index in [0.717, 1.165) is 0 Å². The van der Waals surface area contributed by atoms with Gasteiger partial charge in [0.05, 0.1) is 18.7 Å². The van der Waals surface area contributed by atoms with Crippen molar-refractivity contribution in [2.24, 2.45) is 0 Å². The fourth-order valence-electron chi connectivity index (χ4n) is 1.60. The van der Waals surface area contributed by atoms with Crippen molar-refractivity contribution in [3.05, 3.63) is 0 Å². The van der Waals surface area contributed by atoms with Crippen molar-refractivity contribution in [1.82, 2.24) is 9.80 Å². The molecule has 1 rings (SSSR count). The van der Waals surface area contributed by atoms with E-state index in [2.05, 4.69) is 0 Å². The van der Waals surface area contributed by atoms with Crippen LogP contribution in [0.25, 0.3) is 0 Å². The van der Waals surface area contributed by atoms with Gasteiger partial charge in [-0.25, -0.2) is 4.79 Å². The maximum Gasteiger partial charge on any atom is 0.410 e. The Morgan fingerprint density at radius 2 is 2.00 bits per heavy atom. The van der Waals surface area contributed by atoms with Gasteiger partial charge in [-0.3, -0.25) is 4.90 Å². The minimum atomic E-state index is -4.18. The van der Waals surface area contributed by atoms with Crippen molar-refractivity contribution < 1.29 is 22.7 Å². The highest BCUT2D eigenvalue weighted by molar-refractivity contribution is 5.68. The summed E-state index contributed by atoms with van der Waals surface area (Å²) in [6.45, 7) is 3.01. The fraction of sp³-hybridized carbons (Fsp3) is 0.900. The Hall–Kier alpha value is -0.980. The second-order valence-electron chi connectivity index (χ2n) is 4.51. The van der Waals surface area contributed by atoms with Crippen LogP contribution in [-0.4, -0.2) is 60.9 Å². The van der Waals surface area contributed by atoms with Crippen LogP contribution in [0.3, 0.4) is 0 Å². The van der Waals surface area contributed by atoms with Gasteiger partial charge in [-0.15, -0.1) is 0 Å². The number of likely N-dealkylation sites (N-methyl/N-ethyl adjacent to an activating group) is 1. The third kappa shape index (κ3) is 4.41. The van der Waals surface area contributed by atoms with Gasteiger partial charge in [-0.05, 0) is 13.8 Å². The lowest BCUT2D eigenvalue weighted by atomic mass is 10.1. The predicted molar refractivity (Wildman–Crippen MR) is 55.7 cm³/mol. The molecule has 1 saturated heterocycles. The van der Waals surface area contributed by atoms with Gasteiger partial charge < -0.3 is 9.64 Å². The first kappa shape index (κ1) is 14.1. The van der Waals surface area contributed by atoms with E-state index in [4.69, 9.17) is 4.74 Å². The van der Waals surface area contributed by atoms with E-state index in [1.165, 1.54) is 9.80 Å². The molecule has 1 aliphatic rings. The van der Waals surface area contributed by atoms with Gasteiger partial charge in [0.1, 0.15) is 0 Å². The summed E-state index contributed by atoms with van der Waals surface area (Å²) in [5.41, 5.74) is 0. The minimum Gasteiger partial charge on any atom is -0.447 e. The molecule has 1 heterocycles. The van der Waals surface area contributed by atoms with Crippen LogP contribution in [0.4, 0.5) is 18.0 Å². The van der Waals surface area contributed by atoms with E-state index >= 15 is 0 Å². The van der Waals surface area contributed by atoms with Crippen LogP contribution in [0.15, 0.2) is 0 Å². The summed E-state index contributed by atoms with van der Waals surface area (Å²) in [4.78, 5) is 14.1. The third-order valence-corrected chi connectivity index (χ3v) is 2.51. The molecule has 4 nitrogen and oxygen atoms in total. The van der Waals surface area contributed by atoms with E-state index in [-0.39, 0.29) is 25.2 Å². The largest absolute Gasteiger partial charge is 0.447 e. The van der Waals surface area contributed by atoms with E-state index < -0.39 is 18.8 Å². The van der Waals surface area contributed by atoms with Crippen molar-refractivity contribution in [1.29, 1.82) is 0 Å². The number of hydrogen-bond acceptors (Lipinski definition) is 3. The molecule has 0 N–H and O–H groups in total. The van der Waals surface area contributed by atoms with Gasteiger partial charge in [0.25, 0.3) is 0 Å². The molecular formula is C10H17F3N2O2. The number of nitrogens with zero attached hydrogens (tertiary/aromatic N) is 2. The van der Waals surface area contributed by atoms with Crippen molar-refractivity contribution >= 4 is 6.09 Å². The second kappa shape index (κ2) is 5.12. The number of amides is 1. The lowest BCUT2D eigenvalue weighted by Crippen LogP contribution is -2.61. The van der Waals surface area contributed by atoms with E-state index in [0.29, 0.717) is 0 Å². The van der Waals surface area contributed by atoms with Crippen LogP contribution in [-0.2, 0) is 4.74 Å². The van der Waals surface area contributed by atoms with Crippen LogP contribution >= 0.6 is 0 Å². The molecule has 7 heteroatoms. The SMILES string of the molecule is CC(C)OC(=O)N(C)C1CN(CC(F)(F)F)C1. The smallest absolute Gasteiger partial charge is 0.410 e. The first-order valence-electron chi connectivity index (χ1n) is 5.41. The van der Waals surface area contributed by atoms with Gasteiger partial charge in [-0.2, -0.15) is 13.2 Å². The maximum absolute atomic E-state index is 12.0. The van der Waals surface area contributed by atoms with Crippen LogP contribution in [0.2, 0.25) is 0 Å². The highest BCUT2D eigenvalue weighted by atomic mass is 19.4. The predicted octanol–water partition coefficient (Wildman–Crippen LogP) is 1.71. The van der Waals surface area contributed by atoms with Crippen LogP contribution < -0.4 is 0 Å². The minimum absolute atomic E-state index is 0.191. The van der Waals surface area contributed by atoms with E-state index in [9.17, 15) is 18.0 Å². The third-order valence-electron chi connectivity index (χ3n) is 2.51. The fourth-order valence-corrected chi connectivity index (χ4v) is 1.60. The van der Waals surface area contributed by atoms with Gasteiger partial charge >= 0.3 is 12.3 Å². The van der Waals surface area contributed by atoms with Crippen LogP contribution in [0, 0.1) is 0 Å². The first-order valence-corrected chi connectivity index (χ1v) is 5.41. The summed E-state index contributed by atoms with van der Waals surface area (Å²) >= 11 is 0. The van der Waals surface area contributed by atoms with Crippen molar-refractivity contribution in [3.8, 4) is 0 Å². The maximum atomic E-state index is 12.0. The topological polar surface area (TPSA) is 32.8 Å². The Morgan fingerprint density at radius 1 is 1.47 bits per heavy atom. The zero-order chi connectivity index (χ0) is 13.2. The number of hydrogen-bond donors (Lipinski definition) is 0. The quantitative estimate of drug-likeness (QED) is 0.768. The van der Waals surface area contributed by atoms with Gasteiger partial charge in [-0.1, -0.05) is 0 Å². The summed E-state index contributed by atoms with van der Waals surface area (Å²) in [7, 11) is 1.54. The molecule has 0 unspecified atom stereocenters. The molecule has 1 fully saturated rings. The lowest BCUT2D eigenvalue weighted by Gasteiger charge is -2.43. The van der Waals surface area contributed by atoms with E-state index in [1.807, 2.05) is 0 Å². The molecule has 0 saturated carbocycles. The van der Waals surface area contributed by atoms with Crippen LogP contribution in [0.1, 0.15) is 13.8 Å². The van der Waals surface area contributed by atoms with E-state index in [1.54, 1.807) is 20.9 Å². The lowest BCUT2D eigenvalue weighted by molar-refractivity contribution is -0.158. The summed E-state index contributed by atoms with van der Waals surface area (Å²) in [5.74, 6) is 0. The van der Waals surface area contributed by atoms with Crippen molar-refractivity contribution in [2.45, 2.75) is 32.2 Å². The number of carbonyl (C=O) groups excluding carboxylic acids is 1. The monoisotopic (exact) mass is 254 g/mol. The molecule has 0 aromatic heterocycles. The average molecular weight is 254 g/mol. The summed E-state index contributed by atoms with van der Waals surface area (Å²) < 4.78 is 41.1. The Balaban J connectivity index is 2.30. The summed E-state index contributed by atoms with van der Waals surface area (Å²) in [6, 6.07) is -0.191. The normalized spacial score (nSPS) is 18.1. The molecule has 0 spiro atoms. The molecule has 0 bridgehead atoms. The summed E-state index contributed by atoms with van der Waals surface area (Å²) in [6.07, 6.45) is -4.89. The molecule has 0 aromatic carbocycles. The number of rotatable bonds is 3. The highest BCUT2D eigenvalue weighted by Gasteiger charge is 2.39. The highest BCUT2D eigenvalue weighted by Crippen LogP contribution is 2.22. The summed E-state index contributed by atoms with van der Waals surface area (Å²) in [5, 5.41) is 0. The molecule has 0 aliphatic carbocycles. The standard InChI is InChI=1S/C10H17F3N2O2/c1-7(2)17-9(16)14(3)8-4-15(5-8)6-10(11,12)13/h7-8H,4-6H2,1-3H3. The Morgan fingerprint density at radius 3 is 2.41 bits per heavy atom. The Labute approximate surface area is 98.3 Å². The molecule has 0 atom stereocenters. The zero-order valence-corrected chi connectivity index (χ0v) is 10.1. The molecule has 1 amide bonds. The van der Waals surface area contributed by atoms with Gasteiger partial charge in [0.2, 0.25) is 0 Å². The zero-order valence-electron chi connectivity index (χ0n) is 10.1. The molecule has 100 valence electrons. The number of likely N-dealkylation sites (tertiary alicyclic amines) is 1. The van der Waals surface area contributed by atoms with Crippen molar-refractivity contribution in [3.63, 3.8) is 0 Å². The molecule has 0 radical (unpaired) electrons.